The number of methoxy groups -OCH3 is 3. The van der Waals surface area contributed by atoms with Crippen molar-refractivity contribution in [2.24, 2.45) is 0 Å². The van der Waals surface area contributed by atoms with Crippen molar-refractivity contribution in [1.29, 1.82) is 0 Å². The fraction of sp³-hybridized carbons (Fsp3) is 0.200. The molecule has 8 heteroatoms. The number of nitrogens with one attached hydrogen (secondary N) is 2. The highest BCUT2D eigenvalue weighted by atomic mass is 32.2. The summed E-state index contributed by atoms with van der Waals surface area (Å²) in [6.07, 6.45) is 0. The van der Waals surface area contributed by atoms with Gasteiger partial charge in [-0.15, -0.1) is 11.8 Å². The molecule has 0 aliphatic carbocycles. The number of ether oxygens (including phenoxy) is 3. The monoisotopic (exact) mass is 466 g/mol. The van der Waals surface area contributed by atoms with Gasteiger partial charge < -0.3 is 24.8 Å². The van der Waals surface area contributed by atoms with Crippen LogP contribution in [0.25, 0.3) is 0 Å². The Morgan fingerprint density at radius 3 is 2.03 bits per heavy atom. The van der Waals surface area contributed by atoms with Gasteiger partial charge in [0, 0.05) is 22.3 Å². The molecular formula is C25H26N2O5S. The van der Waals surface area contributed by atoms with Crippen LogP contribution in [0.5, 0.6) is 17.2 Å². The second-order valence-electron chi connectivity index (χ2n) is 7.00. The van der Waals surface area contributed by atoms with Crippen molar-refractivity contribution in [2.45, 2.75) is 17.1 Å². The normalized spacial score (nSPS) is 11.3. The molecule has 1 atom stereocenters. The van der Waals surface area contributed by atoms with E-state index < -0.39 is 0 Å². The number of rotatable bonds is 9. The fourth-order valence-electron chi connectivity index (χ4n) is 3.12. The minimum atomic E-state index is -0.364. The van der Waals surface area contributed by atoms with Gasteiger partial charge in [-0.25, -0.2) is 0 Å². The summed E-state index contributed by atoms with van der Waals surface area (Å²) in [7, 11) is 4.58. The molecule has 33 heavy (non-hydrogen) atoms. The Balaban J connectivity index is 1.68. The van der Waals surface area contributed by atoms with Crippen LogP contribution < -0.4 is 24.8 Å². The zero-order valence-corrected chi connectivity index (χ0v) is 19.7. The first-order valence-electron chi connectivity index (χ1n) is 10.2. The van der Waals surface area contributed by atoms with E-state index in [0.29, 0.717) is 34.2 Å². The van der Waals surface area contributed by atoms with Gasteiger partial charge >= 0.3 is 0 Å². The zero-order chi connectivity index (χ0) is 23.8. The van der Waals surface area contributed by atoms with Crippen LogP contribution in [0.2, 0.25) is 0 Å². The standard InChI is InChI=1S/C25H26N2O5S/c1-16(24(28)26-17-8-5-10-19(14-17)30-2)33-20-11-6-9-18(15-20)27-25(29)23-21(31-3)12-7-13-22(23)32-4/h5-16H,1-4H3,(H,26,28)(H,27,29). The summed E-state index contributed by atoms with van der Waals surface area (Å²) >= 11 is 1.39. The molecule has 3 aromatic carbocycles. The van der Waals surface area contributed by atoms with E-state index in [0.717, 1.165) is 4.90 Å². The van der Waals surface area contributed by atoms with Crippen LogP contribution in [0.1, 0.15) is 17.3 Å². The Morgan fingerprint density at radius 1 is 0.788 bits per heavy atom. The lowest BCUT2D eigenvalue weighted by molar-refractivity contribution is -0.115. The lowest BCUT2D eigenvalue weighted by Gasteiger charge is -2.15. The largest absolute Gasteiger partial charge is 0.497 e. The molecule has 2 amide bonds. The van der Waals surface area contributed by atoms with Gasteiger partial charge in [-0.3, -0.25) is 9.59 Å². The number of thioether (sulfide) groups is 1. The SMILES string of the molecule is COc1cccc(NC(=O)C(C)Sc2cccc(NC(=O)c3c(OC)cccc3OC)c2)c1. The molecule has 0 fully saturated rings. The van der Waals surface area contributed by atoms with Crippen molar-refractivity contribution in [2.75, 3.05) is 32.0 Å². The number of carbonyl (C=O) groups is 2. The van der Waals surface area contributed by atoms with Crippen LogP contribution in [0.4, 0.5) is 11.4 Å². The molecule has 0 aliphatic heterocycles. The van der Waals surface area contributed by atoms with Gasteiger partial charge in [-0.2, -0.15) is 0 Å². The van der Waals surface area contributed by atoms with E-state index in [1.807, 2.05) is 37.3 Å². The summed E-state index contributed by atoms with van der Waals surface area (Å²) < 4.78 is 15.8. The predicted octanol–water partition coefficient (Wildman–Crippen LogP) is 5.08. The van der Waals surface area contributed by atoms with Gasteiger partial charge in [0.05, 0.1) is 26.6 Å². The Kier molecular flexibility index (Phi) is 8.21. The Bertz CT molecular complexity index is 1110. The molecule has 2 N–H and O–H groups in total. The van der Waals surface area contributed by atoms with E-state index >= 15 is 0 Å². The van der Waals surface area contributed by atoms with Crippen LogP contribution in [-0.4, -0.2) is 38.4 Å². The fourth-order valence-corrected chi connectivity index (χ4v) is 4.04. The third kappa shape index (κ3) is 6.20. The van der Waals surface area contributed by atoms with E-state index in [2.05, 4.69) is 10.6 Å². The molecule has 3 aromatic rings. The van der Waals surface area contributed by atoms with Crippen molar-refractivity contribution in [3.8, 4) is 17.2 Å². The maximum absolute atomic E-state index is 12.9. The second kappa shape index (κ2) is 11.3. The molecule has 0 bridgehead atoms. The van der Waals surface area contributed by atoms with Crippen molar-refractivity contribution in [3.63, 3.8) is 0 Å². The topological polar surface area (TPSA) is 85.9 Å². The maximum atomic E-state index is 12.9. The van der Waals surface area contributed by atoms with E-state index in [-0.39, 0.29) is 17.1 Å². The molecule has 0 aliphatic rings. The smallest absolute Gasteiger partial charge is 0.263 e. The van der Waals surface area contributed by atoms with Crippen molar-refractivity contribution in [1.82, 2.24) is 0 Å². The minimum Gasteiger partial charge on any atom is -0.497 e. The van der Waals surface area contributed by atoms with E-state index in [1.54, 1.807) is 43.5 Å². The molecule has 0 aromatic heterocycles. The number of hydrogen-bond acceptors (Lipinski definition) is 6. The number of anilines is 2. The van der Waals surface area contributed by atoms with E-state index in [9.17, 15) is 9.59 Å². The van der Waals surface area contributed by atoms with Crippen LogP contribution in [0.15, 0.2) is 71.6 Å². The predicted molar refractivity (Wildman–Crippen MR) is 131 cm³/mol. The van der Waals surface area contributed by atoms with Gasteiger partial charge in [0.1, 0.15) is 22.8 Å². The molecule has 0 saturated carbocycles. The molecule has 0 saturated heterocycles. The minimum absolute atomic E-state index is 0.138. The van der Waals surface area contributed by atoms with Crippen molar-refractivity contribution >= 4 is 35.0 Å². The van der Waals surface area contributed by atoms with Gasteiger partial charge in [0.25, 0.3) is 5.91 Å². The summed E-state index contributed by atoms with van der Waals surface area (Å²) in [6, 6.07) is 19.7. The lowest BCUT2D eigenvalue weighted by atomic mass is 10.1. The highest BCUT2D eigenvalue weighted by molar-refractivity contribution is 8.00. The van der Waals surface area contributed by atoms with E-state index in [4.69, 9.17) is 14.2 Å². The first kappa shape index (κ1) is 24.0. The van der Waals surface area contributed by atoms with Gasteiger partial charge in [-0.05, 0) is 49.4 Å². The Labute approximate surface area is 197 Å². The molecule has 3 rings (SSSR count). The quantitative estimate of drug-likeness (QED) is 0.428. The molecular weight excluding hydrogens is 440 g/mol. The van der Waals surface area contributed by atoms with Gasteiger partial charge in [0.2, 0.25) is 5.91 Å². The number of benzene rings is 3. The molecule has 0 heterocycles. The second-order valence-corrected chi connectivity index (χ2v) is 8.41. The summed E-state index contributed by atoms with van der Waals surface area (Å²) in [6.45, 7) is 1.82. The first-order chi connectivity index (χ1) is 15.9. The molecule has 0 spiro atoms. The molecule has 0 radical (unpaired) electrons. The van der Waals surface area contributed by atoms with Crippen LogP contribution >= 0.6 is 11.8 Å². The van der Waals surface area contributed by atoms with Crippen LogP contribution in [0, 0.1) is 0 Å². The van der Waals surface area contributed by atoms with Crippen LogP contribution in [-0.2, 0) is 4.79 Å². The van der Waals surface area contributed by atoms with Gasteiger partial charge in [-0.1, -0.05) is 18.2 Å². The number of carbonyl (C=O) groups excluding carboxylic acids is 2. The van der Waals surface area contributed by atoms with E-state index in [1.165, 1.54) is 26.0 Å². The third-order valence-electron chi connectivity index (χ3n) is 4.77. The summed E-state index contributed by atoms with van der Waals surface area (Å²) in [5, 5.41) is 5.40. The zero-order valence-electron chi connectivity index (χ0n) is 18.9. The highest BCUT2D eigenvalue weighted by Crippen LogP contribution is 2.31. The number of hydrogen-bond donors (Lipinski definition) is 2. The molecule has 172 valence electrons. The highest BCUT2D eigenvalue weighted by Gasteiger charge is 2.19. The maximum Gasteiger partial charge on any atom is 0.263 e. The molecule has 1 unspecified atom stereocenters. The summed E-state index contributed by atoms with van der Waals surface area (Å²) in [4.78, 5) is 26.4. The Morgan fingerprint density at radius 2 is 1.39 bits per heavy atom. The summed E-state index contributed by atoms with van der Waals surface area (Å²) in [5.74, 6) is 1.01. The van der Waals surface area contributed by atoms with Gasteiger partial charge in [0.15, 0.2) is 0 Å². The first-order valence-corrected chi connectivity index (χ1v) is 11.1. The average Bonchev–Trinajstić information content (AvgIpc) is 2.83. The number of amides is 2. The van der Waals surface area contributed by atoms with Crippen molar-refractivity contribution < 1.29 is 23.8 Å². The van der Waals surface area contributed by atoms with Crippen LogP contribution in [0.3, 0.4) is 0 Å². The summed E-state index contributed by atoms with van der Waals surface area (Å²) in [5.41, 5.74) is 1.57. The average molecular weight is 467 g/mol. The lowest BCUT2D eigenvalue weighted by Crippen LogP contribution is -2.22. The Hall–Kier alpha value is -3.65. The third-order valence-corrected chi connectivity index (χ3v) is 5.86. The molecule has 7 nitrogen and oxygen atoms in total. The van der Waals surface area contributed by atoms with Crippen molar-refractivity contribution in [3.05, 3.63) is 72.3 Å².